The molecule has 0 atom stereocenters. The Morgan fingerprint density at radius 2 is 2.22 bits per heavy atom. The second-order valence-corrected chi connectivity index (χ2v) is 4.95. The van der Waals surface area contributed by atoms with E-state index in [0.717, 1.165) is 0 Å². The van der Waals surface area contributed by atoms with Gasteiger partial charge in [-0.1, -0.05) is 25.6 Å². The zero-order valence-electron chi connectivity index (χ0n) is 10.1. The van der Waals surface area contributed by atoms with Crippen LogP contribution in [0.4, 0.5) is 8.78 Å². The molecule has 0 radical (unpaired) electrons. The summed E-state index contributed by atoms with van der Waals surface area (Å²) in [6, 6.07) is 2.92. The highest BCUT2D eigenvalue weighted by atomic mass is 32.2. The van der Waals surface area contributed by atoms with Gasteiger partial charge < -0.3 is 4.42 Å². The van der Waals surface area contributed by atoms with Gasteiger partial charge in [0.25, 0.3) is 5.76 Å². The SMILES string of the molecule is CC(C)CONC(=O)c1ccc(CSC(F)F)o1. The summed E-state index contributed by atoms with van der Waals surface area (Å²) in [6.07, 6.45) is 0. The van der Waals surface area contributed by atoms with Crippen molar-refractivity contribution in [2.75, 3.05) is 6.61 Å². The number of hydroxylamine groups is 1. The minimum Gasteiger partial charge on any atom is -0.455 e. The first kappa shape index (κ1) is 15.0. The summed E-state index contributed by atoms with van der Waals surface area (Å²) in [7, 11) is 0. The number of amides is 1. The van der Waals surface area contributed by atoms with Crippen LogP contribution in [-0.2, 0) is 10.6 Å². The normalized spacial score (nSPS) is 11.2. The number of thioether (sulfide) groups is 1. The van der Waals surface area contributed by atoms with Crippen molar-refractivity contribution in [2.45, 2.75) is 25.4 Å². The Morgan fingerprint density at radius 3 is 2.83 bits per heavy atom. The minimum absolute atomic E-state index is 0.0256. The van der Waals surface area contributed by atoms with Crippen molar-refractivity contribution in [3.63, 3.8) is 0 Å². The fraction of sp³-hybridized carbons (Fsp3) is 0.545. The van der Waals surface area contributed by atoms with Crippen molar-refractivity contribution in [1.29, 1.82) is 0 Å². The highest BCUT2D eigenvalue weighted by molar-refractivity contribution is 7.98. The van der Waals surface area contributed by atoms with Crippen molar-refractivity contribution >= 4 is 17.7 Å². The zero-order chi connectivity index (χ0) is 13.5. The van der Waals surface area contributed by atoms with Gasteiger partial charge >= 0.3 is 5.91 Å². The van der Waals surface area contributed by atoms with E-state index in [9.17, 15) is 13.6 Å². The fourth-order valence-electron chi connectivity index (χ4n) is 1.05. The molecule has 102 valence electrons. The summed E-state index contributed by atoms with van der Waals surface area (Å²) in [5.41, 5.74) is 2.22. The van der Waals surface area contributed by atoms with Crippen LogP contribution in [0.3, 0.4) is 0 Å². The molecular formula is C11H15F2NO3S. The van der Waals surface area contributed by atoms with E-state index in [4.69, 9.17) is 9.25 Å². The van der Waals surface area contributed by atoms with Gasteiger partial charge in [-0.2, -0.15) is 8.78 Å². The zero-order valence-corrected chi connectivity index (χ0v) is 10.9. The van der Waals surface area contributed by atoms with Gasteiger partial charge in [0.2, 0.25) is 0 Å². The molecule has 1 aromatic heterocycles. The monoisotopic (exact) mass is 279 g/mol. The number of carbonyl (C=O) groups excluding carboxylic acids is 1. The quantitative estimate of drug-likeness (QED) is 0.779. The molecule has 1 N–H and O–H groups in total. The van der Waals surface area contributed by atoms with E-state index in [1.807, 2.05) is 13.8 Å². The van der Waals surface area contributed by atoms with Gasteiger partial charge in [0.05, 0.1) is 12.4 Å². The Balaban J connectivity index is 2.39. The van der Waals surface area contributed by atoms with Crippen LogP contribution in [0, 0.1) is 5.92 Å². The smallest absolute Gasteiger partial charge is 0.310 e. The van der Waals surface area contributed by atoms with E-state index < -0.39 is 11.7 Å². The number of alkyl halides is 2. The van der Waals surface area contributed by atoms with Crippen molar-refractivity contribution in [3.8, 4) is 0 Å². The van der Waals surface area contributed by atoms with E-state index in [1.54, 1.807) is 0 Å². The number of hydrogen-bond donors (Lipinski definition) is 1. The number of rotatable bonds is 7. The van der Waals surface area contributed by atoms with Gasteiger partial charge in [-0.3, -0.25) is 9.63 Å². The maximum Gasteiger partial charge on any atom is 0.310 e. The summed E-state index contributed by atoms with van der Waals surface area (Å²) in [6.45, 7) is 4.28. The van der Waals surface area contributed by atoms with Gasteiger partial charge in [0, 0.05) is 0 Å². The average Bonchev–Trinajstić information content (AvgIpc) is 2.74. The molecule has 1 rings (SSSR count). The molecule has 0 aliphatic carbocycles. The number of furan rings is 1. The van der Waals surface area contributed by atoms with E-state index in [1.165, 1.54) is 12.1 Å². The summed E-state index contributed by atoms with van der Waals surface area (Å²) in [5, 5.41) is 0. The van der Waals surface area contributed by atoms with E-state index >= 15 is 0 Å². The Labute approximate surface area is 108 Å². The molecule has 1 amide bonds. The molecule has 1 heterocycles. The van der Waals surface area contributed by atoms with E-state index in [-0.39, 0.29) is 11.5 Å². The molecule has 0 spiro atoms. The summed E-state index contributed by atoms with van der Waals surface area (Å²) >= 11 is 0.441. The second-order valence-electron chi connectivity index (χ2n) is 3.97. The predicted molar refractivity (Wildman–Crippen MR) is 64.3 cm³/mol. The van der Waals surface area contributed by atoms with Gasteiger partial charge in [-0.15, -0.1) is 0 Å². The van der Waals surface area contributed by atoms with E-state index in [0.29, 0.717) is 30.0 Å². The standard InChI is InChI=1S/C11H15F2NO3S/c1-7(2)5-16-14-10(15)9-4-3-8(17-9)6-18-11(12)13/h3-4,7,11H,5-6H2,1-2H3,(H,14,15). The first-order valence-corrected chi connectivity index (χ1v) is 6.44. The molecule has 0 saturated carbocycles. The van der Waals surface area contributed by atoms with Gasteiger partial charge in [-0.25, -0.2) is 5.48 Å². The molecule has 0 bridgehead atoms. The molecule has 0 unspecified atom stereocenters. The first-order chi connectivity index (χ1) is 8.49. The number of nitrogens with one attached hydrogen (secondary N) is 1. The van der Waals surface area contributed by atoms with E-state index in [2.05, 4.69) is 5.48 Å². The van der Waals surface area contributed by atoms with Crippen LogP contribution in [0.25, 0.3) is 0 Å². The lowest BCUT2D eigenvalue weighted by Crippen LogP contribution is -2.25. The third kappa shape index (κ3) is 5.50. The topological polar surface area (TPSA) is 51.5 Å². The Hall–Kier alpha value is -1.08. The van der Waals surface area contributed by atoms with Crippen LogP contribution in [-0.4, -0.2) is 18.3 Å². The summed E-state index contributed by atoms with van der Waals surface area (Å²) < 4.78 is 29.0. The molecule has 0 fully saturated rings. The summed E-state index contributed by atoms with van der Waals surface area (Å²) in [5.74, 6) is -2.29. The van der Waals surface area contributed by atoms with Crippen LogP contribution < -0.4 is 5.48 Å². The molecule has 0 aliphatic rings. The predicted octanol–water partition coefficient (Wildman–Crippen LogP) is 3.05. The number of hydrogen-bond acceptors (Lipinski definition) is 4. The van der Waals surface area contributed by atoms with Gasteiger partial charge in [-0.05, 0) is 18.1 Å². The largest absolute Gasteiger partial charge is 0.455 e. The maximum atomic E-state index is 12.0. The van der Waals surface area contributed by atoms with Crippen LogP contribution in [0.1, 0.15) is 30.2 Å². The highest BCUT2D eigenvalue weighted by Gasteiger charge is 2.12. The molecular weight excluding hydrogens is 264 g/mol. The second kappa shape index (κ2) is 7.38. The average molecular weight is 279 g/mol. The Bertz CT molecular complexity index is 382. The lowest BCUT2D eigenvalue weighted by Gasteiger charge is -2.06. The molecule has 7 heteroatoms. The lowest BCUT2D eigenvalue weighted by atomic mass is 10.2. The van der Waals surface area contributed by atoms with Gasteiger partial charge in [0.15, 0.2) is 5.76 Å². The van der Waals surface area contributed by atoms with Crippen molar-refractivity contribution in [1.82, 2.24) is 5.48 Å². The van der Waals surface area contributed by atoms with Crippen LogP contribution >= 0.6 is 11.8 Å². The molecule has 1 aromatic rings. The van der Waals surface area contributed by atoms with Crippen molar-refractivity contribution < 1.29 is 22.8 Å². The van der Waals surface area contributed by atoms with Crippen LogP contribution in [0.2, 0.25) is 0 Å². The molecule has 0 aliphatic heterocycles. The Kier molecular flexibility index (Phi) is 6.14. The van der Waals surface area contributed by atoms with Gasteiger partial charge in [0.1, 0.15) is 5.76 Å². The third-order valence-corrected chi connectivity index (χ3v) is 2.52. The highest BCUT2D eigenvalue weighted by Crippen LogP contribution is 2.21. The molecule has 0 saturated heterocycles. The van der Waals surface area contributed by atoms with Crippen LogP contribution in [0.15, 0.2) is 16.5 Å². The van der Waals surface area contributed by atoms with Crippen molar-refractivity contribution in [3.05, 3.63) is 23.7 Å². The molecule has 4 nitrogen and oxygen atoms in total. The molecule has 0 aromatic carbocycles. The fourth-order valence-corrected chi connectivity index (χ4v) is 1.49. The summed E-state index contributed by atoms with van der Waals surface area (Å²) in [4.78, 5) is 16.4. The Morgan fingerprint density at radius 1 is 1.50 bits per heavy atom. The maximum absolute atomic E-state index is 12.0. The van der Waals surface area contributed by atoms with Crippen LogP contribution in [0.5, 0.6) is 0 Å². The molecule has 18 heavy (non-hydrogen) atoms. The third-order valence-electron chi connectivity index (χ3n) is 1.82. The number of carbonyl (C=O) groups is 1. The first-order valence-electron chi connectivity index (χ1n) is 5.39. The van der Waals surface area contributed by atoms with Crippen molar-refractivity contribution in [2.24, 2.45) is 5.92 Å². The minimum atomic E-state index is -2.46. The number of halogens is 2. The lowest BCUT2D eigenvalue weighted by molar-refractivity contribution is 0.0188.